The van der Waals surface area contributed by atoms with E-state index < -0.39 is 28.3 Å². The van der Waals surface area contributed by atoms with E-state index in [1.54, 1.807) is 36.4 Å². The summed E-state index contributed by atoms with van der Waals surface area (Å²) in [6, 6.07) is 22.0. The first kappa shape index (κ1) is 31.0. The number of carbonyl (C=O) groups is 1. The summed E-state index contributed by atoms with van der Waals surface area (Å²) in [5, 5.41) is 4.58. The molecule has 42 heavy (non-hydrogen) atoms. The van der Waals surface area contributed by atoms with Crippen molar-refractivity contribution in [1.29, 1.82) is 0 Å². The molecule has 218 valence electrons. The summed E-state index contributed by atoms with van der Waals surface area (Å²) in [4.78, 5) is 12.7. The number of hydrogen-bond donors (Lipinski definition) is 1. The van der Waals surface area contributed by atoms with Crippen LogP contribution in [0.4, 0.5) is 10.1 Å². The van der Waals surface area contributed by atoms with Gasteiger partial charge in [-0.2, -0.15) is 5.10 Å². The summed E-state index contributed by atoms with van der Waals surface area (Å²) < 4.78 is 54.2. The molecule has 4 aromatic carbocycles. The Balaban J connectivity index is 1.49. The zero-order valence-corrected chi connectivity index (χ0v) is 25.7. The van der Waals surface area contributed by atoms with Crippen molar-refractivity contribution in [3.05, 3.63) is 117 Å². The molecule has 0 unspecified atom stereocenters. The van der Waals surface area contributed by atoms with Crippen molar-refractivity contribution in [1.82, 2.24) is 5.43 Å². The van der Waals surface area contributed by atoms with Crippen molar-refractivity contribution >= 4 is 55.4 Å². The summed E-state index contributed by atoms with van der Waals surface area (Å²) >= 11 is 9.41. The number of halogens is 3. The van der Waals surface area contributed by atoms with Crippen LogP contribution in [0, 0.1) is 12.7 Å². The van der Waals surface area contributed by atoms with Gasteiger partial charge in [-0.05, 0) is 82.5 Å². The second kappa shape index (κ2) is 13.8. The number of sulfonamides is 1. The van der Waals surface area contributed by atoms with Crippen LogP contribution in [-0.4, -0.2) is 34.2 Å². The van der Waals surface area contributed by atoms with Gasteiger partial charge in [-0.1, -0.05) is 53.6 Å². The Morgan fingerprint density at radius 1 is 1.07 bits per heavy atom. The minimum Gasteiger partial charge on any atom is -0.493 e. The van der Waals surface area contributed by atoms with Crippen LogP contribution in [0.5, 0.6) is 11.5 Å². The monoisotopic (exact) mass is 673 g/mol. The van der Waals surface area contributed by atoms with Crippen molar-refractivity contribution in [2.45, 2.75) is 18.4 Å². The second-order valence-electron chi connectivity index (χ2n) is 9.02. The van der Waals surface area contributed by atoms with E-state index in [0.29, 0.717) is 30.9 Å². The molecule has 0 aromatic heterocycles. The molecule has 8 nitrogen and oxygen atoms in total. The number of nitrogens with zero attached hydrogens (tertiary/aromatic N) is 2. The van der Waals surface area contributed by atoms with Crippen molar-refractivity contribution in [2.24, 2.45) is 5.10 Å². The topological polar surface area (TPSA) is 97.3 Å². The SMILES string of the molecule is COc1cc(/C=N\NC(=O)CN(c2ccccc2F)S(=O)(=O)c2ccc(C)cc2)cc(Br)c1OCc1ccc(Cl)cc1. The van der Waals surface area contributed by atoms with Gasteiger partial charge in [0, 0.05) is 5.02 Å². The van der Waals surface area contributed by atoms with Crippen LogP contribution in [0.3, 0.4) is 0 Å². The maximum Gasteiger partial charge on any atom is 0.264 e. The van der Waals surface area contributed by atoms with Gasteiger partial charge >= 0.3 is 0 Å². The predicted molar refractivity (Wildman–Crippen MR) is 164 cm³/mol. The number of carbonyl (C=O) groups excluding carboxylic acids is 1. The van der Waals surface area contributed by atoms with Gasteiger partial charge in [-0.3, -0.25) is 9.10 Å². The van der Waals surface area contributed by atoms with E-state index >= 15 is 0 Å². The van der Waals surface area contributed by atoms with Crippen LogP contribution >= 0.6 is 27.5 Å². The fourth-order valence-corrected chi connectivity index (χ4v) is 5.96. The molecule has 0 radical (unpaired) electrons. The zero-order chi connectivity index (χ0) is 30.3. The average Bonchev–Trinajstić information content (AvgIpc) is 2.96. The summed E-state index contributed by atoms with van der Waals surface area (Å²) in [5.41, 5.74) is 4.36. The molecule has 0 saturated heterocycles. The number of benzene rings is 4. The summed E-state index contributed by atoms with van der Waals surface area (Å²) in [6.07, 6.45) is 1.36. The molecule has 0 aliphatic rings. The van der Waals surface area contributed by atoms with Gasteiger partial charge in [0.05, 0.1) is 28.4 Å². The van der Waals surface area contributed by atoms with E-state index in [4.69, 9.17) is 21.1 Å². The number of anilines is 1. The molecule has 0 atom stereocenters. The van der Waals surface area contributed by atoms with E-state index in [1.807, 2.05) is 19.1 Å². The number of ether oxygens (including phenoxy) is 2. The quantitative estimate of drug-likeness (QED) is 0.145. The fraction of sp³-hybridized carbons (Fsp3) is 0.133. The predicted octanol–water partition coefficient (Wildman–Crippen LogP) is 6.48. The van der Waals surface area contributed by atoms with Crippen LogP contribution in [0.1, 0.15) is 16.7 Å². The third kappa shape index (κ3) is 7.67. The van der Waals surface area contributed by atoms with Gasteiger partial charge in [0.15, 0.2) is 11.5 Å². The zero-order valence-electron chi connectivity index (χ0n) is 22.6. The fourth-order valence-electron chi connectivity index (χ4n) is 3.83. The van der Waals surface area contributed by atoms with Crippen LogP contribution in [0.15, 0.2) is 99.4 Å². The molecule has 0 aliphatic carbocycles. The van der Waals surface area contributed by atoms with E-state index in [2.05, 4.69) is 26.5 Å². The normalized spacial score (nSPS) is 11.4. The van der Waals surface area contributed by atoms with Gasteiger partial charge in [-0.15, -0.1) is 0 Å². The molecule has 1 amide bonds. The van der Waals surface area contributed by atoms with Crippen molar-refractivity contribution in [3.63, 3.8) is 0 Å². The first-order valence-corrected chi connectivity index (χ1v) is 15.1. The maximum absolute atomic E-state index is 14.7. The third-order valence-corrected chi connectivity index (χ3v) is 8.58. The number of amides is 1. The first-order valence-electron chi connectivity index (χ1n) is 12.5. The molecule has 4 aromatic rings. The summed E-state index contributed by atoms with van der Waals surface area (Å²) in [5.74, 6) is -0.685. The average molecular weight is 675 g/mol. The van der Waals surface area contributed by atoms with E-state index in [1.165, 1.54) is 43.7 Å². The van der Waals surface area contributed by atoms with Gasteiger partial charge in [0.25, 0.3) is 15.9 Å². The van der Waals surface area contributed by atoms with E-state index in [9.17, 15) is 17.6 Å². The molecular weight excluding hydrogens is 649 g/mol. The van der Waals surface area contributed by atoms with Crippen LogP contribution in [-0.2, 0) is 21.4 Å². The lowest BCUT2D eigenvalue weighted by atomic mass is 10.2. The van der Waals surface area contributed by atoms with Crippen molar-refractivity contribution in [2.75, 3.05) is 18.0 Å². The molecule has 12 heteroatoms. The smallest absolute Gasteiger partial charge is 0.264 e. The Morgan fingerprint density at radius 2 is 1.76 bits per heavy atom. The third-order valence-electron chi connectivity index (χ3n) is 5.97. The number of rotatable bonds is 11. The minimum absolute atomic E-state index is 0.0806. The van der Waals surface area contributed by atoms with Crippen LogP contribution < -0.4 is 19.2 Å². The molecule has 0 fully saturated rings. The maximum atomic E-state index is 14.7. The lowest BCUT2D eigenvalue weighted by molar-refractivity contribution is -0.119. The lowest BCUT2D eigenvalue weighted by Gasteiger charge is -2.24. The Kier molecular flexibility index (Phi) is 10.2. The van der Waals surface area contributed by atoms with Gasteiger partial charge in [0.2, 0.25) is 0 Å². The lowest BCUT2D eigenvalue weighted by Crippen LogP contribution is -2.40. The van der Waals surface area contributed by atoms with Gasteiger partial charge in [-0.25, -0.2) is 18.2 Å². The highest BCUT2D eigenvalue weighted by molar-refractivity contribution is 9.10. The summed E-state index contributed by atoms with van der Waals surface area (Å²) in [7, 11) is -2.78. The Morgan fingerprint density at radius 3 is 2.43 bits per heavy atom. The van der Waals surface area contributed by atoms with Crippen LogP contribution in [0.2, 0.25) is 5.02 Å². The Hall–Kier alpha value is -3.93. The number of aryl methyl sites for hydroxylation is 1. The van der Waals surface area contributed by atoms with E-state index in [0.717, 1.165) is 17.2 Å². The van der Waals surface area contributed by atoms with Crippen molar-refractivity contribution < 1.29 is 27.1 Å². The molecule has 0 bridgehead atoms. The van der Waals surface area contributed by atoms with Gasteiger partial charge < -0.3 is 9.47 Å². The number of hydrogen-bond acceptors (Lipinski definition) is 6. The number of methoxy groups -OCH3 is 1. The Bertz CT molecular complexity index is 1700. The highest BCUT2D eigenvalue weighted by atomic mass is 79.9. The van der Waals surface area contributed by atoms with Crippen LogP contribution in [0.25, 0.3) is 0 Å². The largest absolute Gasteiger partial charge is 0.493 e. The molecule has 4 rings (SSSR count). The molecule has 0 spiro atoms. The highest BCUT2D eigenvalue weighted by Crippen LogP contribution is 2.37. The van der Waals surface area contributed by atoms with E-state index in [-0.39, 0.29) is 17.2 Å². The Labute approximate surface area is 256 Å². The molecule has 0 aliphatic heterocycles. The standard InChI is InChI=1S/C30H26BrClFN3O5S/c1-20-7-13-24(14-8-20)42(38,39)36(27-6-4-3-5-26(27)33)18-29(37)35-34-17-22-15-25(31)30(28(16-22)40-2)41-19-21-9-11-23(32)12-10-21/h3-17H,18-19H2,1-2H3,(H,35,37)/b34-17-. The van der Waals surface area contributed by atoms with Crippen molar-refractivity contribution in [3.8, 4) is 11.5 Å². The highest BCUT2D eigenvalue weighted by Gasteiger charge is 2.29. The number of hydrazone groups is 1. The minimum atomic E-state index is -4.28. The number of para-hydroxylation sites is 1. The molecule has 0 saturated carbocycles. The molecular formula is C30H26BrClFN3O5S. The molecule has 1 N–H and O–H groups in total. The van der Waals surface area contributed by atoms with Gasteiger partial charge in [0.1, 0.15) is 19.0 Å². The first-order chi connectivity index (χ1) is 20.1. The molecule has 0 heterocycles. The number of nitrogens with one attached hydrogen (secondary N) is 1. The summed E-state index contributed by atoms with van der Waals surface area (Å²) in [6.45, 7) is 1.38. The second-order valence-corrected chi connectivity index (χ2v) is 12.2.